The lowest BCUT2D eigenvalue weighted by molar-refractivity contribution is -0.390. The van der Waals surface area contributed by atoms with Gasteiger partial charge in [-0.2, -0.15) is 0 Å². The van der Waals surface area contributed by atoms with Gasteiger partial charge in [0.25, 0.3) is 0 Å². The summed E-state index contributed by atoms with van der Waals surface area (Å²) in [7, 11) is 0. The Balaban J connectivity index is 1.24. The second kappa shape index (κ2) is 15.7. The van der Waals surface area contributed by atoms with Gasteiger partial charge in [-0.1, -0.05) is 121 Å². The summed E-state index contributed by atoms with van der Waals surface area (Å²) in [6.45, 7) is 3.92. The lowest BCUT2D eigenvalue weighted by atomic mass is 9.81. The fourth-order valence-electron chi connectivity index (χ4n) is 7.21. The third-order valence-corrected chi connectivity index (χ3v) is 9.84. The topological polar surface area (TPSA) is 72.5 Å². The summed E-state index contributed by atoms with van der Waals surface area (Å²) >= 11 is 0. The van der Waals surface area contributed by atoms with Crippen molar-refractivity contribution in [3.63, 3.8) is 0 Å². The SMILES string of the molecule is CC1=C2CO[C@@]3(CC2CC1=O)O[C@H](COCc1ccccc1)[C@@H](OCc1ccccc1)[C@H](OCc1ccccc1)[C@H]3OCc1ccccc1. The Hall–Kier alpha value is -3.95. The summed E-state index contributed by atoms with van der Waals surface area (Å²) in [6.07, 6.45) is -1.45. The Bertz CT molecular complexity index is 1680. The number of hydrogen-bond donors (Lipinski definition) is 0. The molecule has 3 aliphatic rings. The van der Waals surface area contributed by atoms with Crippen LogP contribution in [0.2, 0.25) is 0 Å². The van der Waals surface area contributed by atoms with Crippen LogP contribution >= 0.6 is 0 Å². The molecule has 6 atom stereocenters. The molecule has 7 nitrogen and oxygen atoms in total. The Morgan fingerprint density at radius 3 is 1.69 bits per heavy atom. The van der Waals surface area contributed by atoms with Gasteiger partial charge in [0.1, 0.15) is 24.4 Å². The van der Waals surface area contributed by atoms with Gasteiger partial charge in [-0.15, -0.1) is 0 Å². The van der Waals surface area contributed by atoms with Gasteiger partial charge in [0.05, 0.1) is 39.6 Å². The van der Waals surface area contributed by atoms with Crippen molar-refractivity contribution in [3.8, 4) is 0 Å². The minimum absolute atomic E-state index is 0.00604. The third kappa shape index (κ3) is 7.94. The van der Waals surface area contributed by atoms with Crippen molar-refractivity contribution in [1.82, 2.24) is 0 Å². The lowest BCUT2D eigenvalue weighted by Crippen LogP contribution is -2.69. The zero-order valence-electron chi connectivity index (χ0n) is 27.9. The number of rotatable bonds is 13. The molecule has 1 spiro atoms. The van der Waals surface area contributed by atoms with E-state index in [0.29, 0.717) is 45.9 Å². The van der Waals surface area contributed by atoms with E-state index in [1.54, 1.807) is 0 Å². The zero-order valence-corrected chi connectivity index (χ0v) is 27.9. The molecule has 7 rings (SSSR count). The van der Waals surface area contributed by atoms with Gasteiger partial charge >= 0.3 is 0 Å². The van der Waals surface area contributed by atoms with E-state index in [9.17, 15) is 4.79 Å². The first-order chi connectivity index (χ1) is 24.1. The van der Waals surface area contributed by atoms with Crippen LogP contribution in [0, 0.1) is 5.92 Å². The van der Waals surface area contributed by atoms with Gasteiger partial charge in [0.2, 0.25) is 0 Å². The minimum Gasteiger partial charge on any atom is -0.374 e. The number of ether oxygens (including phenoxy) is 6. The highest BCUT2D eigenvalue weighted by Gasteiger charge is 2.60. The molecular weight excluding hydrogens is 616 g/mol. The fraction of sp³-hybridized carbons (Fsp3) is 0.357. The van der Waals surface area contributed by atoms with Gasteiger partial charge < -0.3 is 28.4 Å². The number of fused-ring (bicyclic) bond motifs is 1. The summed E-state index contributed by atoms with van der Waals surface area (Å²) < 4.78 is 40.8. The van der Waals surface area contributed by atoms with Gasteiger partial charge in [-0.3, -0.25) is 4.79 Å². The predicted octanol–water partition coefficient (Wildman–Crippen LogP) is 7.38. The molecule has 2 heterocycles. The molecule has 1 unspecified atom stereocenters. The second-order valence-electron chi connectivity index (χ2n) is 13.2. The maximum Gasteiger partial charge on any atom is 0.198 e. The largest absolute Gasteiger partial charge is 0.374 e. The van der Waals surface area contributed by atoms with Crippen LogP contribution in [0.15, 0.2) is 132 Å². The van der Waals surface area contributed by atoms with Crippen molar-refractivity contribution in [2.24, 2.45) is 5.92 Å². The van der Waals surface area contributed by atoms with Crippen molar-refractivity contribution in [3.05, 3.63) is 155 Å². The summed E-state index contributed by atoms with van der Waals surface area (Å²) in [5, 5.41) is 0. The van der Waals surface area contributed by atoms with Crippen LogP contribution in [0.4, 0.5) is 0 Å². The molecule has 0 aromatic heterocycles. The smallest absolute Gasteiger partial charge is 0.198 e. The number of benzene rings is 4. The normalized spacial score (nSPS) is 26.6. The molecule has 254 valence electrons. The Morgan fingerprint density at radius 1 is 0.653 bits per heavy atom. The summed E-state index contributed by atoms with van der Waals surface area (Å²) in [5.74, 6) is -1.02. The Morgan fingerprint density at radius 2 is 1.14 bits per heavy atom. The first-order valence-corrected chi connectivity index (χ1v) is 17.2. The highest BCUT2D eigenvalue weighted by molar-refractivity contribution is 5.98. The maximum absolute atomic E-state index is 12.9. The molecule has 0 N–H and O–H groups in total. The monoisotopic (exact) mass is 660 g/mol. The van der Waals surface area contributed by atoms with E-state index in [1.807, 2.05) is 116 Å². The van der Waals surface area contributed by atoms with E-state index >= 15 is 0 Å². The molecule has 1 aliphatic carbocycles. The van der Waals surface area contributed by atoms with E-state index in [4.69, 9.17) is 28.4 Å². The fourth-order valence-corrected chi connectivity index (χ4v) is 7.21. The van der Waals surface area contributed by atoms with Crippen molar-refractivity contribution in [2.75, 3.05) is 13.2 Å². The van der Waals surface area contributed by atoms with Crippen LogP contribution in [-0.4, -0.2) is 49.2 Å². The van der Waals surface area contributed by atoms with E-state index in [2.05, 4.69) is 12.1 Å². The summed E-state index contributed by atoms with van der Waals surface area (Å²) in [4.78, 5) is 12.9. The molecule has 4 aromatic rings. The highest BCUT2D eigenvalue weighted by atomic mass is 16.7. The van der Waals surface area contributed by atoms with Crippen LogP contribution in [0.25, 0.3) is 0 Å². The molecule has 7 heteroatoms. The molecule has 0 radical (unpaired) electrons. The van der Waals surface area contributed by atoms with Gasteiger partial charge in [-0.25, -0.2) is 0 Å². The molecular formula is C42H44O7. The predicted molar refractivity (Wildman–Crippen MR) is 185 cm³/mol. The van der Waals surface area contributed by atoms with Gasteiger partial charge in [0.15, 0.2) is 11.6 Å². The molecule has 49 heavy (non-hydrogen) atoms. The number of hydrogen-bond acceptors (Lipinski definition) is 7. The number of carbonyl (C=O) groups excluding carboxylic acids is 1. The average Bonchev–Trinajstić information content (AvgIpc) is 3.42. The first kappa shape index (κ1) is 33.5. The molecule has 2 aliphatic heterocycles. The van der Waals surface area contributed by atoms with Crippen molar-refractivity contribution in [2.45, 2.75) is 76.4 Å². The molecule has 0 bridgehead atoms. The van der Waals surface area contributed by atoms with Crippen molar-refractivity contribution >= 4 is 5.78 Å². The zero-order chi connectivity index (χ0) is 33.5. The van der Waals surface area contributed by atoms with Crippen molar-refractivity contribution in [1.29, 1.82) is 0 Å². The maximum atomic E-state index is 12.9. The number of carbonyl (C=O) groups is 1. The van der Waals surface area contributed by atoms with Crippen molar-refractivity contribution < 1.29 is 33.2 Å². The molecule has 4 aromatic carbocycles. The van der Waals surface area contributed by atoms with Crippen LogP contribution in [0.1, 0.15) is 42.0 Å². The number of ketones is 1. The van der Waals surface area contributed by atoms with Crippen LogP contribution < -0.4 is 0 Å². The van der Waals surface area contributed by atoms with Crippen LogP contribution in [-0.2, 0) is 59.6 Å². The third-order valence-electron chi connectivity index (χ3n) is 9.84. The summed E-state index contributed by atoms with van der Waals surface area (Å²) in [6, 6.07) is 40.4. The van der Waals surface area contributed by atoms with Gasteiger partial charge in [-0.05, 0) is 46.2 Å². The quantitative estimate of drug-likeness (QED) is 0.148. The molecule has 0 saturated carbocycles. The van der Waals surface area contributed by atoms with E-state index < -0.39 is 30.2 Å². The Labute approximate surface area is 288 Å². The standard InChI is InChI=1S/C42H44O7/c1-30-36-28-48-42(23-35(36)22-37(30)43)41(47-27-34-20-12-5-13-21-34)40(46-26-33-18-10-4-11-19-33)39(45-25-32-16-8-3-9-17-32)38(49-42)29-44-24-31-14-6-2-7-15-31/h2-21,35,38-41H,22-29H2,1H3/t35?,38-,39-,40+,41-,42+/m1/s1. The lowest BCUT2D eigenvalue weighted by Gasteiger charge is -2.54. The minimum atomic E-state index is -1.19. The van der Waals surface area contributed by atoms with Crippen LogP contribution in [0.5, 0.6) is 0 Å². The van der Waals surface area contributed by atoms with Gasteiger partial charge in [0, 0.05) is 12.8 Å². The highest BCUT2D eigenvalue weighted by Crippen LogP contribution is 2.48. The molecule has 2 saturated heterocycles. The van der Waals surface area contributed by atoms with E-state index in [0.717, 1.165) is 33.4 Å². The second-order valence-corrected chi connectivity index (χ2v) is 13.2. The molecule has 2 fully saturated rings. The molecule has 0 amide bonds. The first-order valence-electron chi connectivity index (χ1n) is 17.2. The number of Topliss-reactive ketones (excluding diaryl/α,β-unsaturated/α-hetero) is 1. The average molecular weight is 661 g/mol. The Kier molecular flexibility index (Phi) is 10.8. The summed E-state index contributed by atoms with van der Waals surface area (Å²) in [5.41, 5.74) is 6.04. The van der Waals surface area contributed by atoms with E-state index in [1.165, 1.54) is 0 Å². The van der Waals surface area contributed by atoms with E-state index in [-0.39, 0.29) is 18.3 Å². The number of allylic oxidation sites excluding steroid dienone is 1. The van der Waals surface area contributed by atoms with Crippen LogP contribution in [0.3, 0.4) is 0 Å².